The summed E-state index contributed by atoms with van der Waals surface area (Å²) < 4.78 is 0. The molecule has 3 nitrogen and oxygen atoms in total. The van der Waals surface area contributed by atoms with Gasteiger partial charge in [-0.05, 0) is 74.1 Å². The maximum Gasteiger partial charge on any atom is 0.0992 e. The van der Waals surface area contributed by atoms with Crippen molar-refractivity contribution >= 4 is 11.4 Å². The van der Waals surface area contributed by atoms with E-state index in [4.69, 9.17) is 10.3 Å². The molecule has 2 rings (SSSR count). The number of nitriles is 1. The average Bonchev–Trinajstić information content (AvgIpc) is 3.09. The second-order valence-corrected chi connectivity index (χ2v) is 8.12. The van der Waals surface area contributed by atoms with E-state index in [1.54, 1.807) is 0 Å². The first-order chi connectivity index (χ1) is 13.0. The van der Waals surface area contributed by atoms with Crippen molar-refractivity contribution in [2.24, 2.45) is 16.3 Å². The highest BCUT2D eigenvalue weighted by Crippen LogP contribution is 2.49. The summed E-state index contributed by atoms with van der Waals surface area (Å²) in [6.45, 7) is 12.8. The molecule has 1 saturated carbocycles. The molecule has 1 aliphatic rings. The zero-order valence-corrected chi connectivity index (χ0v) is 17.4. The summed E-state index contributed by atoms with van der Waals surface area (Å²) in [6, 6.07) is 9.96. The molecule has 0 aromatic heterocycles. The molecule has 1 fully saturated rings. The highest BCUT2D eigenvalue weighted by molar-refractivity contribution is 5.81. The van der Waals surface area contributed by atoms with Gasteiger partial charge in [0.1, 0.15) is 0 Å². The van der Waals surface area contributed by atoms with Gasteiger partial charge in [-0.3, -0.25) is 4.99 Å². The molecular formula is C24H35N3. The molecule has 0 heterocycles. The summed E-state index contributed by atoms with van der Waals surface area (Å²) >= 11 is 0. The zero-order valence-electron chi connectivity index (χ0n) is 17.4. The highest BCUT2D eigenvalue weighted by atomic mass is 14.9. The summed E-state index contributed by atoms with van der Waals surface area (Å²) in [5, 5.41) is 12.6. The van der Waals surface area contributed by atoms with Crippen molar-refractivity contribution in [2.75, 3.05) is 18.4 Å². The lowest BCUT2D eigenvalue weighted by atomic mass is 9.75. The van der Waals surface area contributed by atoms with Crippen LogP contribution in [-0.2, 0) is 0 Å². The van der Waals surface area contributed by atoms with Gasteiger partial charge in [0.05, 0.1) is 18.2 Å². The molecular weight excluding hydrogens is 330 g/mol. The number of benzene rings is 1. The predicted octanol–water partition coefficient (Wildman–Crippen LogP) is 6.37. The van der Waals surface area contributed by atoms with Gasteiger partial charge in [-0.25, -0.2) is 0 Å². The Morgan fingerprint density at radius 2 is 2.19 bits per heavy atom. The summed E-state index contributed by atoms with van der Waals surface area (Å²) in [7, 11) is 0. The smallest absolute Gasteiger partial charge is 0.0992 e. The Bertz CT molecular complexity index is 698. The maximum atomic E-state index is 9.06. The lowest BCUT2D eigenvalue weighted by Crippen LogP contribution is -2.23. The third kappa shape index (κ3) is 5.96. The van der Waals surface area contributed by atoms with E-state index in [-0.39, 0.29) is 5.41 Å². The number of nitrogens with one attached hydrogen (secondary N) is 1. The van der Waals surface area contributed by atoms with Crippen LogP contribution in [0.15, 0.2) is 41.4 Å². The van der Waals surface area contributed by atoms with Gasteiger partial charge in [0, 0.05) is 17.9 Å². The number of aliphatic imine (C=N–C) groups is 1. The quantitative estimate of drug-likeness (QED) is 0.386. The van der Waals surface area contributed by atoms with Crippen LogP contribution in [0, 0.1) is 22.7 Å². The molecule has 146 valence electrons. The molecule has 0 amide bonds. The molecule has 0 aliphatic heterocycles. The monoisotopic (exact) mass is 365 g/mol. The summed E-state index contributed by atoms with van der Waals surface area (Å²) in [4.78, 5) is 4.79. The van der Waals surface area contributed by atoms with E-state index in [0.29, 0.717) is 11.5 Å². The van der Waals surface area contributed by atoms with E-state index in [1.807, 2.05) is 24.3 Å². The first-order valence-corrected chi connectivity index (χ1v) is 10.4. The van der Waals surface area contributed by atoms with E-state index in [9.17, 15) is 0 Å². The van der Waals surface area contributed by atoms with Crippen molar-refractivity contribution in [3.05, 3.63) is 42.0 Å². The fourth-order valence-electron chi connectivity index (χ4n) is 4.41. The van der Waals surface area contributed by atoms with Crippen molar-refractivity contribution < 1.29 is 0 Å². The van der Waals surface area contributed by atoms with Gasteiger partial charge in [0.25, 0.3) is 0 Å². The third-order valence-electron chi connectivity index (χ3n) is 5.93. The largest absolute Gasteiger partial charge is 0.385 e. The van der Waals surface area contributed by atoms with Crippen LogP contribution in [0.5, 0.6) is 0 Å². The Hall–Kier alpha value is -2.08. The van der Waals surface area contributed by atoms with Crippen LogP contribution >= 0.6 is 0 Å². The predicted molar refractivity (Wildman–Crippen MR) is 116 cm³/mol. The number of rotatable bonds is 10. The van der Waals surface area contributed by atoms with Crippen molar-refractivity contribution in [3.63, 3.8) is 0 Å². The van der Waals surface area contributed by atoms with Crippen LogP contribution in [0.25, 0.3) is 0 Å². The first-order valence-electron chi connectivity index (χ1n) is 10.4. The van der Waals surface area contributed by atoms with Crippen LogP contribution in [0.2, 0.25) is 0 Å². The molecule has 1 aromatic carbocycles. The lowest BCUT2D eigenvalue weighted by Gasteiger charge is -2.31. The van der Waals surface area contributed by atoms with Crippen LogP contribution in [0.1, 0.15) is 71.3 Å². The third-order valence-corrected chi connectivity index (χ3v) is 5.93. The number of nitrogens with zero attached hydrogens (tertiary/aromatic N) is 2. The van der Waals surface area contributed by atoms with Crippen molar-refractivity contribution in [3.8, 4) is 6.07 Å². The standard InChI is InChI=1S/C24H35N3/c1-5-8-20(4)26-17-19(3)24(12-6-2)13-11-22(15-24)18-27-23-10-7-9-21(14-23)16-25/h7,9-10,14,22,27H,3,5-6,8,11-13,15,17-18H2,1-2,4H3/b26-20+. The zero-order chi connectivity index (χ0) is 19.7. The molecule has 27 heavy (non-hydrogen) atoms. The minimum Gasteiger partial charge on any atom is -0.385 e. The molecule has 3 heteroatoms. The van der Waals surface area contributed by atoms with Crippen LogP contribution in [-0.4, -0.2) is 18.8 Å². The SMILES string of the molecule is C=C(C/N=C(\C)CCC)C1(CCC)CCC(CNc2cccc(C#N)c2)C1. The average molecular weight is 366 g/mol. The molecule has 2 atom stereocenters. The molecule has 2 unspecified atom stereocenters. The first kappa shape index (κ1) is 21.2. The molecule has 0 saturated heterocycles. The Morgan fingerprint density at radius 1 is 1.37 bits per heavy atom. The normalized spacial score (nSPS) is 22.4. The van der Waals surface area contributed by atoms with E-state index in [0.717, 1.165) is 31.6 Å². The highest BCUT2D eigenvalue weighted by Gasteiger charge is 2.40. The Morgan fingerprint density at radius 3 is 2.89 bits per heavy atom. The van der Waals surface area contributed by atoms with Gasteiger partial charge < -0.3 is 5.32 Å². The summed E-state index contributed by atoms with van der Waals surface area (Å²) in [6.07, 6.45) is 8.32. The summed E-state index contributed by atoms with van der Waals surface area (Å²) in [5.74, 6) is 0.653. The fraction of sp³-hybridized carbons (Fsp3) is 0.583. The van der Waals surface area contributed by atoms with Gasteiger partial charge >= 0.3 is 0 Å². The van der Waals surface area contributed by atoms with Gasteiger partial charge in [-0.1, -0.05) is 39.3 Å². The number of anilines is 1. The lowest BCUT2D eigenvalue weighted by molar-refractivity contribution is 0.317. The van der Waals surface area contributed by atoms with E-state index in [2.05, 4.69) is 38.7 Å². The van der Waals surface area contributed by atoms with Crippen LogP contribution in [0.4, 0.5) is 5.69 Å². The summed E-state index contributed by atoms with van der Waals surface area (Å²) in [5.41, 5.74) is 4.58. The van der Waals surface area contributed by atoms with Gasteiger partial charge in [0.15, 0.2) is 0 Å². The topological polar surface area (TPSA) is 48.2 Å². The van der Waals surface area contributed by atoms with Crippen LogP contribution < -0.4 is 5.32 Å². The Balaban J connectivity index is 1.96. The number of hydrogen-bond donors (Lipinski definition) is 1. The number of hydrogen-bond acceptors (Lipinski definition) is 3. The van der Waals surface area contributed by atoms with Crippen LogP contribution in [0.3, 0.4) is 0 Å². The van der Waals surface area contributed by atoms with Gasteiger partial charge in [-0.15, -0.1) is 0 Å². The Labute approximate surface area is 165 Å². The second-order valence-electron chi connectivity index (χ2n) is 8.12. The Kier molecular flexibility index (Phi) is 8.10. The molecule has 1 N–H and O–H groups in total. The van der Waals surface area contributed by atoms with Crippen molar-refractivity contribution in [1.82, 2.24) is 0 Å². The fourth-order valence-corrected chi connectivity index (χ4v) is 4.41. The van der Waals surface area contributed by atoms with Gasteiger partial charge in [-0.2, -0.15) is 5.26 Å². The van der Waals surface area contributed by atoms with Gasteiger partial charge in [0.2, 0.25) is 0 Å². The van der Waals surface area contributed by atoms with E-state index >= 15 is 0 Å². The molecule has 1 aromatic rings. The molecule has 0 radical (unpaired) electrons. The molecule has 1 aliphatic carbocycles. The van der Waals surface area contributed by atoms with Crippen molar-refractivity contribution in [1.29, 1.82) is 5.26 Å². The van der Waals surface area contributed by atoms with Crippen molar-refractivity contribution in [2.45, 2.75) is 65.7 Å². The second kappa shape index (κ2) is 10.3. The minimum absolute atomic E-state index is 0.256. The van der Waals surface area contributed by atoms with E-state index in [1.165, 1.54) is 43.4 Å². The maximum absolute atomic E-state index is 9.06. The van der Waals surface area contributed by atoms with E-state index < -0.39 is 0 Å². The molecule has 0 bridgehead atoms. The molecule has 0 spiro atoms. The minimum atomic E-state index is 0.256.